The molecule has 2 amide bonds. The van der Waals surface area contributed by atoms with Gasteiger partial charge in [0.1, 0.15) is 0 Å². The highest BCUT2D eigenvalue weighted by molar-refractivity contribution is 6.30. The second kappa shape index (κ2) is 8.90. The van der Waals surface area contributed by atoms with Crippen LogP contribution < -0.4 is 10.6 Å². The molecule has 5 heteroatoms. The van der Waals surface area contributed by atoms with Crippen LogP contribution in [-0.2, 0) is 6.42 Å². The number of amides is 2. The molecule has 0 saturated heterocycles. The van der Waals surface area contributed by atoms with Crippen molar-refractivity contribution in [2.24, 2.45) is 5.41 Å². The molecule has 0 heterocycles. The number of aliphatic hydroxyl groups excluding tert-OH is 1. The molecule has 0 aliphatic heterocycles. The van der Waals surface area contributed by atoms with Crippen molar-refractivity contribution in [3.63, 3.8) is 0 Å². The van der Waals surface area contributed by atoms with Gasteiger partial charge in [0.15, 0.2) is 0 Å². The zero-order valence-electron chi connectivity index (χ0n) is 12.8. The summed E-state index contributed by atoms with van der Waals surface area (Å²) in [5.74, 6) is 0. The summed E-state index contributed by atoms with van der Waals surface area (Å²) in [5, 5.41) is 15.5. The van der Waals surface area contributed by atoms with Crippen molar-refractivity contribution in [1.82, 2.24) is 10.6 Å². The molecular weight excluding hydrogens is 288 g/mol. The summed E-state index contributed by atoms with van der Waals surface area (Å²) in [5.41, 5.74) is 1.03. The maximum atomic E-state index is 11.6. The second-order valence-corrected chi connectivity index (χ2v) is 6.42. The van der Waals surface area contributed by atoms with Crippen molar-refractivity contribution in [1.29, 1.82) is 0 Å². The lowest BCUT2D eigenvalue weighted by Gasteiger charge is -2.21. The highest BCUT2D eigenvalue weighted by Crippen LogP contribution is 2.20. The van der Waals surface area contributed by atoms with Gasteiger partial charge in [-0.3, -0.25) is 0 Å². The van der Waals surface area contributed by atoms with Crippen LogP contribution in [0.5, 0.6) is 0 Å². The topological polar surface area (TPSA) is 61.4 Å². The average molecular weight is 313 g/mol. The van der Waals surface area contributed by atoms with Crippen molar-refractivity contribution in [2.75, 3.05) is 19.7 Å². The number of benzene rings is 1. The van der Waals surface area contributed by atoms with Gasteiger partial charge in [0, 0.05) is 24.7 Å². The van der Waals surface area contributed by atoms with Crippen molar-refractivity contribution in [2.45, 2.75) is 33.1 Å². The molecule has 1 aromatic carbocycles. The van der Waals surface area contributed by atoms with E-state index < -0.39 is 0 Å². The lowest BCUT2D eigenvalue weighted by Crippen LogP contribution is -2.37. The quantitative estimate of drug-likeness (QED) is 0.646. The molecule has 1 aromatic rings. The highest BCUT2D eigenvalue weighted by atomic mass is 35.5. The van der Waals surface area contributed by atoms with E-state index in [4.69, 9.17) is 16.7 Å². The van der Waals surface area contributed by atoms with Gasteiger partial charge in [-0.15, -0.1) is 0 Å². The lowest BCUT2D eigenvalue weighted by molar-refractivity contribution is 0.148. The van der Waals surface area contributed by atoms with Crippen molar-refractivity contribution >= 4 is 17.6 Å². The molecule has 0 radical (unpaired) electrons. The first-order valence-electron chi connectivity index (χ1n) is 7.30. The summed E-state index contributed by atoms with van der Waals surface area (Å²) >= 11 is 5.90. The summed E-state index contributed by atoms with van der Waals surface area (Å²) in [6, 6.07) is 7.47. The maximum absolute atomic E-state index is 11.6. The van der Waals surface area contributed by atoms with Crippen LogP contribution in [0.25, 0.3) is 0 Å². The highest BCUT2D eigenvalue weighted by Gasteiger charge is 2.15. The van der Waals surface area contributed by atoms with E-state index in [1.165, 1.54) is 0 Å². The van der Waals surface area contributed by atoms with Crippen LogP contribution >= 0.6 is 11.6 Å². The molecule has 0 atom stereocenters. The molecule has 21 heavy (non-hydrogen) atoms. The molecule has 0 aromatic heterocycles. The third kappa shape index (κ3) is 7.93. The smallest absolute Gasteiger partial charge is 0.314 e. The fourth-order valence-electron chi connectivity index (χ4n) is 1.92. The number of hydrogen-bond donors (Lipinski definition) is 3. The largest absolute Gasteiger partial charge is 0.396 e. The van der Waals surface area contributed by atoms with Gasteiger partial charge in [0.2, 0.25) is 0 Å². The van der Waals surface area contributed by atoms with Crippen LogP contribution in [0.15, 0.2) is 24.3 Å². The summed E-state index contributed by atoms with van der Waals surface area (Å²) in [4.78, 5) is 11.6. The van der Waals surface area contributed by atoms with Gasteiger partial charge in [-0.1, -0.05) is 37.6 Å². The molecule has 0 spiro atoms. The zero-order valence-corrected chi connectivity index (χ0v) is 13.5. The monoisotopic (exact) mass is 312 g/mol. The first-order chi connectivity index (χ1) is 9.93. The number of carbonyl (C=O) groups excluding carboxylic acids is 1. The Balaban J connectivity index is 2.12. The van der Waals surface area contributed by atoms with Crippen LogP contribution in [0, 0.1) is 5.41 Å². The third-order valence-corrected chi connectivity index (χ3v) is 3.57. The van der Waals surface area contributed by atoms with Gasteiger partial charge in [-0.25, -0.2) is 4.79 Å². The number of rotatable bonds is 8. The van der Waals surface area contributed by atoms with Crippen LogP contribution in [0.4, 0.5) is 4.79 Å². The van der Waals surface area contributed by atoms with Gasteiger partial charge in [0.05, 0.1) is 0 Å². The number of carbonyl (C=O) groups is 1. The van der Waals surface area contributed by atoms with Crippen molar-refractivity contribution < 1.29 is 9.90 Å². The van der Waals surface area contributed by atoms with Crippen molar-refractivity contribution in [3.8, 4) is 0 Å². The van der Waals surface area contributed by atoms with Gasteiger partial charge < -0.3 is 15.7 Å². The normalized spacial score (nSPS) is 11.2. The Bertz CT molecular complexity index is 450. The van der Waals surface area contributed by atoms with E-state index >= 15 is 0 Å². The SMILES string of the molecule is CC(C)(CO)CCCNC(=O)NCCc1cccc(Cl)c1. The van der Waals surface area contributed by atoms with E-state index in [1.54, 1.807) is 0 Å². The third-order valence-electron chi connectivity index (χ3n) is 3.33. The maximum Gasteiger partial charge on any atom is 0.314 e. The van der Waals surface area contributed by atoms with E-state index in [0.717, 1.165) is 24.8 Å². The zero-order chi connectivity index (χ0) is 15.7. The average Bonchev–Trinajstić information content (AvgIpc) is 2.44. The summed E-state index contributed by atoms with van der Waals surface area (Å²) < 4.78 is 0. The molecule has 0 unspecified atom stereocenters. The number of urea groups is 1. The van der Waals surface area contributed by atoms with Crippen LogP contribution in [-0.4, -0.2) is 30.8 Å². The van der Waals surface area contributed by atoms with E-state index in [2.05, 4.69) is 10.6 Å². The number of halogens is 1. The van der Waals surface area contributed by atoms with Gasteiger partial charge in [-0.05, 0) is 42.4 Å². The minimum absolute atomic E-state index is 0.0786. The van der Waals surface area contributed by atoms with E-state index in [9.17, 15) is 4.79 Å². The molecule has 0 fully saturated rings. The molecule has 0 aliphatic rings. The fourth-order valence-corrected chi connectivity index (χ4v) is 2.14. The van der Waals surface area contributed by atoms with Gasteiger partial charge >= 0.3 is 6.03 Å². The van der Waals surface area contributed by atoms with Crippen LogP contribution in [0.3, 0.4) is 0 Å². The summed E-state index contributed by atoms with van der Waals surface area (Å²) in [6.45, 7) is 5.38. The summed E-state index contributed by atoms with van der Waals surface area (Å²) in [7, 11) is 0. The second-order valence-electron chi connectivity index (χ2n) is 5.99. The minimum Gasteiger partial charge on any atom is -0.396 e. The molecule has 0 bridgehead atoms. The van der Waals surface area contributed by atoms with Crippen LogP contribution in [0.1, 0.15) is 32.3 Å². The molecule has 3 N–H and O–H groups in total. The predicted molar refractivity (Wildman–Crippen MR) is 86.7 cm³/mol. The lowest BCUT2D eigenvalue weighted by atomic mass is 9.89. The minimum atomic E-state index is -0.154. The van der Waals surface area contributed by atoms with E-state index in [1.807, 2.05) is 38.1 Å². The predicted octanol–water partition coefficient (Wildman–Crippen LogP) is 2.98. The standard InChI is InChI=1S/C16H25ClN2O2/c1-16(2,12-20)8-4-9-18-15(21)19-10-7-13-5-3-6-14(17)11-13/h3,5-6,11,20H,4,7-10,12H2,1-2H3,(H2,18,19,21). The number of hydrogen-bond acceptors (Lipinski definition) is 2. The van der Waals surface area contributed by atoms with E-state index in [-0.39, 0.29) is 18.1 Å². The number of aliphatic hydroxyl groups is 1. The Hall–Kier alpha value is -1.26. The molecule has 0 saturated carbocycles. The molecular formula is C16H25ClN2O2. The first-order valence-corrected chi connectivity index (χ1v) is 7.68. The first kappa shape index (κ1) is 17.8. The Labute approximate surface area is 131 Å². The molecule has 118 valence electrons. The Morgan fingerprint density at radius 1 is 1.29 bits per heavy atom. The van der Waals surface area contributed by atoms with Crippen LogP contribution in [0.2, 0.25) is 5.02 Å². The molecule has 1 rings (SSSR count). The Morgan fingerprint density at radius 3 is 2.67 bits per heavy atom. The Morgan fingerprint density at radius 2 is 2.00 bits per heavy atom. The van der Waals surface area contributed by atoms with Gasteiger partial charge in [0.25, 0.3) is 0 Å². The van der Waals surface area contributed by atoms with Crippen molar-refractivity contribution in [3.05, 3.63) is 34.9 Å². The molecule has 0 aliphatic carbocycles. The van der Waals surface area contributed by atoms with E-state index in [0.29, 0.717) is 18.1 Å². The molecule has 4 nitrogen and oxygen atoms in total. The fraction of sp³-hybridized carbons (Fsp3) is 0.562. The number of nitrogens with one attached hydrogen (secondary N) is 2. The van der Waals surface area contributed by atoms with Gasteiger partial charge in [-0.2, -0.15) is 0 Å². The summed E-state index contributed by atoms with van der Waals surface area (Å²) in [6.07, 6.45) is 2.49. The Kier molecular flexibility index (Phi) is 7.54.